The van der Waals surface area contributed by atoms with Crippen molar-refractivity contribution in [2.24, 2.45) is 0 Å². The number of rotatable bonds is 1. The predicted octanol–water partition coefficient (Wildman–Crippen LogP) is 1.21. The highest BCUT2D eigenvalue weighted by Gasteiger charge is 2.27. The van der Waals surface area contributed by atoms with Crippen LogP contribution in [0.3, 0.4) is 0 Å². The zero-order valence-electron chi connectivity index (χ0n) is 7.62. The third kappa shape index (κ3) is 1.42. The van der Waals surface area contributed by atoms with Crippen molar-refractivity contribution in [1.82, 2.24) is 10.7 Å². The molecule has 1 fully saturated rings. The van der Waals surface area contributed by atoms with E-state index in [-0.39, 0.29) is 17.9 Å². The summed E-state index contributed by atoms with van der Waals surface area (Å²) in [4.78, 5) is 11.3. The van der Waals surface area contributed by atoms with E-state index >= 15 is 0 Å². The Labute approximate surface area is 80.7 Å². The van der Waals surface area contributed by atoms with Crippen LogP contribution < -0.4 is 15.8 Å². The maximum Gasteiger partial charge on any atom is 0.337 e. The van der Waals surface area contributed by atoms with Crippen molar-refractivity contribution in [3.05, 3.63) is 30.1 Å². The van der Waals surface area contributed by atoms with Gasteiger partial charge in [-0.25, -0.2) is 19.6 Å². The zero-order valence-corrected chi connectivity index (χ0v) is 7.62. The first-order valence-corrected chi connectivity index (χ1v) is 4.30. The fraction of sp³-hybridized carbons (Fsp3) is 0.222. The number of hydrogen-bond acceptors (Lipinski definition) is 2. The lowest BCUT2D eigenvalue weighted by Crippen LogP contribution is -2.36. The zero-order chi connectivity index (χ0) is 10.1. The molecule has 0 spiro atoms. The van der Waals surface area contributed by atoms with E-state index in [0.717, 1.165) is 0 Å². The second-order valence-corrected chi connectivity index (χ2v) is 3.09. The Hall–Kier alpha value is -1.62. The monoisotopic (exact) mass is 195 g/mol. The predicted molar refractivity (Wildman–Crippen MR) is 50.0 cm³/mol. The fourth-order valence-corrected chi connectivity index (χ4v) is 1.35. The third-order valence-electron chi connectivity index (χ3n) is 1.96. The minimum absolute atomic E-state index is 0.179. The average molecular weight is 195 g/mol. The van der Waals surface area contributed by atoms with E-state index in [1.165, 1.54) is 11.1 Å². The summed E-state index contributed by atoms with van der Waals surface area (Å²) in [6.45, 7) is 1.78. The molecule has 1 aliphatic rings. The molecule has 0 saturated carbocycles. The molecule has 1 heterocycles. The van der Waals surface area contributed by atoms with Gasteiger partial charge in [-0.3, -0.25) is 0 Å². The van der Waals surface area contributed by atoms with Crippen molar-refractivity contribution >= 4 is 11.7 Å². The molecule has 0 aliphatic carbocycles. The van der Waals surface area contributed by atoms with E-state index < -0.39 is 5.82 Å². The van der Waals surface area contributed by atoms with Crippen LogP contribution in [0, 0.1) is 5.82 Å². The first kappa shape index (κ1) is 8.96. The number of carbonyl (C=O) groups excluding carboxylic acids is 1. The molecule has 74 valence electrons. The van der Waals surface area contributed by atoms with Crippen LogP contribution in [0.15, 0.2) is 24.3 Å². The van der Waals surface area contributed by atoms with E-state index in [2.05, 4.69) is 10.7 Å². The normalized spacial score (nSPS) is 21.1. The van der Waals surface area contributed by atoms with Gasteiger partial charge in [0.25, 0.3) is 0 Å². The number of carbonyl (C=O) groups is 1. The molecule has 4 nitrogen and oxygen atoms in total. The number of anilines is 1. The molecule has 2 rings (SSSR count). The van der Waals surface area contributed by atoms with Crippen molar-refractivity contribution < 1.29 is 9.18 Å². The molecule has 2 amide bonds. The number of para-hydroxylation sites is 1. The molecule has 1 aliphatic heterocycles. The van der Waals surface area contributed by atoms with Gasteiger partial charge in [-0.05, 0) is 19.1 Å². The van der Waals surface area contributed by atoms with Crippen molar-refractivity contribution in [1.29, 1.82) is 0 Å². The molecule has 0 radical (unpaired) electrons. The molecule has 1 aromatic carbocycles. The Bertz CT molecular complexity index is 369. The average Bonchev–Trinajstić information content (AvgIpc) is 2.46. The highest BCUT2D eigenvalue weighted by molar-refractivity contribution is 5.93. The first-order valence-electron chi connectivity index (χ1n) is 4.30. The van der Waals surface area contributed by atoms with Crippen LogP contribution >= 0.6 is 0 Å². The summed E-state index contributed by atoms with van der Waals surface area (Å²) in [6.07, 6.45) is -0.179. The fourth-order valence-electron chi connectivity index (χ4n) is 1.35. The highest BCUT2D eigenvalue weighted by Crippen LogP contribution is 2.18. The molecule has 1 atom stereocenters. The van der Waals surface area contributed by atoms with Crippen molar-refractivity contribution in [2.75, 3.05) is 5.01 Å². The van der Waals surface area contributed by atoms with Crippen LogP contribution in [-0.4, -0.2) is 12.2 Å². The second kappa shape index (κ2) is 3.26. The number of urea groups is 1. The van der Waals surface area contributed by atoms with Crippen LogP contribution in [-0.2, 0) is 0 Å². The lowest BCUT2D eigenvalue weighted by atomic mass is 10.3. The van der Waals surface area contributed by atoms with Gasteiger partial charge in [-0.1, -0.05) is 12.1 Å². The minimum atomic E-state index is -0.427. The quantitative estimate of drug-likeness (QED) is 0.707. The standard InChI is InChI=1S/C9H10FN3O/c1-6-11-9(14)13(12-6)8-5-3-2-4-7(8)10/h2-6,12H,1H3,(H,11,14). The second-order valence-electron chi connectivity index (χ2n) is 3.09. The van der Waals surface area contributed by atoms with E-state index in [4.69, 9.17) is 0 Å². The summed E-state index contributed by atoms with van der Waals surface area (Å²) >= 11 is 0. The molecule has 1 aromatic rings. The number of nitrogens with zero attached hydrogens (tertiary/aromatic N) is 1. The lowest BCUT2D eigenvalue weighted by molar-refractivity contribution is 0.251. The first-order chi connectivity index (χ1) is 6.68. The van der Waals surface area contributed by atoms with Gasteiger partial charge in [-0.15, -0.1) is 0 Å². The molecule has 14 heavy (non-hydrogen) atoms. The van der Waals surface area contributed by atoms with Gasteiger partial charge in [0.05, 0.1) is 11.9 Å². The Kier molecular flexibility index (Phi) is 2.09. The molecule has 1 saturated heterocycles. The molecule has 1 unspecified atom stereocenters. The van der Waals surface area contributed by atoms with Crippen LogP contribution in [0.1, 0.15) is 6.92 Å². The topological polar surface area (TPSA) is 44.4 Å². The van der Waals surface area contributed by atoms with Crippen LogP contribution in [0.2, 0.25) is 0 Å². The van der Waals surface area contributed by atoms with E-state index in [0.29, 0.717) is 0 Å². The van der Waals surface area contributed by atoms with E-state index in [1.807, 2.05) is 0 Å². The number of nitrogens with one attached hydrogen (secondary N) is 2. The molecular weight excluding hydrogens is 185 g/mol. The third-order valence-corrected chi connectivity index (χ3v) is 1.96. The summed E-state index contributed by atoms with van der Waals surface area (Å²) < 4.78 is 13.3. The highest BCUT2D eigenvalue weighted by atomic mass is 19.1. The molecule has 2 N–H and O–H groups in total. The SMILES string of the molecule is CC1NC(=O)N(c2ccccc2F)N1. The maximum atomic E-state index is 13.3. The summed E-state index contributed by atoms with van der Waals surface area (Å²) in [6, 6.07) is 5.77. The largest absolute Gasteiger partial charge is 0.337 e. The van der Waals surface area contributed by atoms with Gasteiger partial charge >= 0.3 is 6.03 Å². The molecule has 5 heteroatoms. The number of halogens is 1. The van der Waals surface area contributed by atoms with Crippen LogP contribution in [0.4, 0.5) is 14.9 Å². The van der Waals surface area contributed by atoms with Crippen LogP contribution in [0.25, 0.3) is 0 Å². The number of hydrazine groups is 1. The Balaban J connectivity index is 2.32. The summed E-state index contributed by atoms with van der Waals surface area (Å²) in [7, 11) is 0. The smallest absolute Gasteiger partial charge is 0.320 e. The minimum Gasteiger partial charge on any atom is -0.320 e. The Morgan fingerprint density at radius 1 is 1.43 bits per heavy atom. The summed E-state index contributed by atoms with van der Waals surface area (Å²) in [5.74, 6) is -0.427. The van der Waals surface area contributed by atoms with Gasteiger partial charge in [0, 0.05) is 0 Å². The van der Waals surface area contributed by atoms with Crippen molar-refractivity contribution in [3.8, 4) is 0 Å². The number of benzene rings is 1. The Morgan fingerprint density at radius 2 is 2.14 bits per heavy atom. The van der Waals surface area contributed by atoms with Gasteiger partial charge in [0.15, 0.2) is 0 Å². The molecular formula is C9H10FN3O. The van der Waals surface area contributed by atoms with E-state index in [9.17, 15) is 9.18 Å². The van der Waals surface area contributed by atoms with Gasteiger partial charge in [-0.2, -0.15) is 0 Å². The number of amides is 2. The van der Waals surface area contributed by atoms with Crippen molar-refractivity contribution in [2.45, 2.75) is 13.1 Å². The van der Waals surface area contributed by atoms with Gasteiger partial charge < -0.3 is 5.32 Å². The maximum absolute atomic E-state index is 13.3. The Morgan fingerprint density at radius 3 is 2.71 bits per heavy atom. The van der Waals surface area contributed by atoms with Gasteiger partial charge in [0.2, 0.25) is 0 Å². The lowest BCUT2D eigenvalue weighted by Gasteiger charge is -2.15. The summed E-state index contributed by atoms with van der Waals surface area (Å²) in [5, 5.41) is 3.77. The molecule has 0 bridgehead atoms. The molecule has 0 aromatic heterocycles. The summed E-state index contributed by atoms with van der Waals surface area (Å²) in [5.41, 5.74) is 3.02. The van der Waals surface area contributed by atoms with Crippen molar-refractivity contribution in [3.63, 3.8) is 0 Å². The van der Waals surface area contributed by atoms with E-state index in [1.54, 1.807) is 25.1 Å². The van der Waals surface area contributed by atoms with Crippen LogP contribution in [0.5, 0.6) is 0 Å². The van der Waals surface area contributed by atoms with Gasteiger partial charge in [0.1, 0.15) is 5.82 Å². The number of hydrogen-bond donors (Lipinski definition) is 2.